The number of furan rings is 1. The van der Waals surface area contributed by atoms with Crippen molar-refractivity contribution in [3.8, 4) is 5.75 Å². The van der Waals surface area contributed by atoms with Crippen LogP contribution in [0.1, 0.15) is 25.7 Å². The van der Waals surface area contributed by atoms with E-state index < -0.39 is 0 Å². The van der Waals surface area contributed by atoms with Crippen LogP contribution in [-0.4, -0.2) is 69.6 Å². The van der Waals surface area contributed by atoms with Crippen LogP contribution in [0.4, 0.5) is 23.1 Å². The highest BCUT2D eigenvalue weighted by Crippen LogP contribution is 2.40. The minimum atomic E-state index is 0.434. The zero-order valence-electron chi connectivity index (χ0n) is 20.4. The van der Waals surface area contributed by atoms with Gasteiger partial charge in [0, 0.05) is 50.5 Å². The first-order valence-electron chi connectivity index (χ1n) is 12.7. The molecule has 0 atom stereocenters. The zero-order chi connectivity index (χ0) is 23.7. The van der Waals surface area contributed by atoms with Crippen molar-refractivity contribution in [2.45, 2.75) is 25.7 Å². The largest absolute Gasteiger partial charge is 0.495 e. The number of ether oxygens (including phenoxy) is 2. The smallest absolute Gasteiger partial charge is 0.229 e. The summed E-state index contributed by atoms with van der Waals surface area (Å²) in [5.41, 5.74) is 3.97. The Hall–Kier alpha value is -3.04. The number of piperidine rings is 2. The summed E-state index contributed by atoms with van der Waals surface area (Å²) in [6.45, 7) is 7.44. The van der Waals surface area contributed by atoms with Gasteiger partial charge in [-0.05, 0) is 49.8 Å². The normalized spacial score (nSPS) is 20.4. The maximum Gasteiger partial charge on any atom is 0.229 e. The molecule has 9 heteroatoms. The summed E-state index contributed by atoms with van der Waals surface area (Å²) >= 11 is 0. The van der Waals surface area contributed by atoms with E-state index in [1.54, 1.807) is 13.4 Å². The molecule has 3 saturated heterocycles. The maximum absolute atomic E-state index is 5.82. The van der Waals surface area contributed by atoms with Crippen molar-refractivity contribution < 1.29 is 13.9 Å². The van der Waals surface area contributed by atoms with Crippen molar-refractivity contribution in [3.05, 3.63) is 30.5 Å². The third-order valence-electron chi connectivity index (χ3n) is 7.76. The molecule has 0 unspecified atom stereocenters. The van der Waals surface area contributed by atoms with Gasteiger partial charge in [0.05, 0.1) is 32.3 Å². The molecule has 6 rings (SSSR count). The van der Waals surface area contributed by atoms with Crippen molar-refractivity contribution >= 4 is 34.2 Å². The lowest BCUT2D eigenvalue weighted by molar-refractivity contribution is 0.122. The maximum atomic E-state index is 5.82. The van der Waals surface area contributed by atoms with E-state index in [0.29, 0.717) is 11.4 Å². The van der Waals surface area contributed by atoms with E-state index in [0.717, 1.165) is 86.5 Å². The van der Waals surface area contributed by atoms with Gasteiger partial charge in [0.15, 0.2) is 11.4 Å². The van der Waals surface area contributed by atoms with Crippen LogP contribution < -0.4 is 25.2 Å². The molecule has 3 aromatic rings. The number of hydrogen-bond donors (Lipinski definition) is 2. The first-order valence-corrected chi connectivity index (χ1v) is 12.7. The van der Waals surface area contributed by atoms with Crippen LogP contribution in [0.3, 0.4) is 0 Å². The molecule has 9 nitrogen and oxygen atoms in total. The van der Waals surface area contributed by atoms with E-state index in [1.165, 1.54) is 25.7 Å². The molecule has 35 heavy (non-hydrogen) atoms. The summed E-state index contributed by atoms with van der Waals surface area (Å²) in [6.07, 6.45) is 6.65. The second-order valence-electron chi connectivity index (χ2n) is 9.88. The Balaban J connectivity index is 1.24. The Morgan fingerprint density at radius 3 is 2.66 bits per heavy atom. The third kappa shape index (κ3) is 4.50. The molecule has 3 aliphatic heterocycles. The first-order chi connectivity index (χ1) is 17.2. The summed E-state index contributed by atoms with van der Waals surface area (Å²) in [5.74, 6) is 2.26. The minimum absolute atomic E-state index is 0.434. The highest BCUT2D eigenvalue weighted by molar-refractivity contribution is 5.86. The van der Waals surface area contributed by atoms with Crippen molar-refractivity contribution in [1.82, 2.24) is 15.3 Å². The predicted molar refractivity (Wildman–Crippen MR) is 137 cm³/mol. The minimum Gasteiger partial charge on any atom is -0.495 e. The van der Waals surface area contributed by atoms with Gasteiger partial charge in [-0.2, -0.15) is 4.98 Å². The van der Waals surface area contributed by atoms with E-state index in [4.69, 9.17) is 23.9 Å². The number of benzene rings is 1. The van der Waals surface area contributed by atoms with Gasteiger partial charge in [0.1, 0.15) is 11.3 Å². The van der Waals surface area contributed by atoms with Crippen LogP contribution in [-0.2, 0) is 4.74 Å². The van der Waals surface area contributed by atoms with Gasteiger partial charge in [-0.1, -0.05) is 0 Å². The van der Waals surface area contributed by atoms with Crippen molar-refractivity contribution in [3.63, 3.8) is 0 Å². The number of nitrogens with one attached hydrogen (secondary N) is 2. The van der Waals surface area contributed by atoms with E-state index in [2.05, 4.69) is 32.6 Å². The number of fused-ring (bicyclic) bond motifs is 1. The lowest BCUT2D eigenvalue weighted by Gasteiger charge is -2.44. The first kappa shape index (κ1) is 22.4. The number of anilines is 4. The molecular weight excluding hydrogens is 444 g/mol. The molecule has 1 spiro atoms. The summed E-state index contributed by atoms with van der Waals surface area (Å²) < 4.78 is 17.0. The lowest BCUT2D eigenvalue weighted by Crippen LogP contribution is -2.48. The molecule has 0 radical (unpaired) electrons. The van der Waals surface area contributed by atoms with Gasteiger partial charge in [0.25, 0.3) is 0 Å². The molecule has 186 valence electrons. The standard InChI is InChI=1S/C26H34N6O3/c1-33-22-17-19(3-4-21(22)31-12-15-34-16-13-31)28-25-29-20-5-14-35-23(20)24(30-25)32-10-7-26(8-11-32)6-2-9-27-18-26/h3-5,14,17,27H,2,6-13,15-16,18H2,1H3,(H,28,29,30). The number of nitrogens with zero attached hydrogens (tertiary/aromatic N) is 4. The fraction of sp³-hybridized carbons (Fsp3) is 0.538. The SMILES string of the molecule is COc1cc(Nc2nc(N3CCC4(CCCNC4)CC3)c3occc3n2)ccc1N1CCOCC1. The van der Waals surface area contributed by atoms with Crippen LogP contribution in [0.25, 0.3) is 11.1 Å². The molecule has 0 amide bonds. The fourth-order valence-electron chi connectivity index (χ4n) is 5.72. The molecular formula is C26H34N6O3. The Kier molecular flexibility index (Phi) is 6.12. The second kappa shape index (κ2) is 9.54. The molecule has 2 N–H and O–H groups in total. The molecule has 0 aliphatic carbocycles. The van der Waals surface area contributed by atoms with Gasteiger partial charge >= 0.3 is 0 Å². The topological polar surface area (TPSA) is 87.9 Å². The van der Waals surface area contributed by atoms with Crippen LogP contribution >= 0.6 is 0 Å². The number of methoxy groups -OCH3 is 1. The Labute approximate surface area is 205 Å². The fourth-order valence-corrected chi connectivity index (χ4v) is 5.72. The second-order valence-corrected chi connectivity index (χ2v) is 9.88. The summed E-state index contributed by atoms with van der Waals surface area (Å²) in [7, 11) is 1.71. The Bertz CT molecular complexity index is 1160. The Morgan fingerprint density at radius 1 is 1.03 bits per heavy atom. The van der Waals surface area contributed by atoms with Gasteiger partial charge in [-0.25, -0.2) is 4.98 Å². The number of morpholine rings is 1. The van der Waals surface area contributed by atoms with Gasteiger partial charge < -0.3 is 34.3 Å². The number of aromatic nitrogens is 2. The van der Waals surface area contributed by atoms with Crippen molar-refractivity contribution in [1.29, 1.82) is 0 Å². The van der Waals surface area contributed by atoms with E-state index in [9.17, 15) is 0 Å². The van der Waals surface area contributed by atoms with Gasteiger partial charge in [-0.15, -0.1) is 0 Å². The number of rotatable bonds is 5. The summed E-state index contributed by atoms with van der Waals surface area (Å²) in [4.78, 5) is 14.3. The van der Waals surface area contributed by atoms with Crippen LogP contribution in [0.2, 0.25) is 0 Å². The average molecular weight is 479 g/mol. The van der Waals surface area contributed by atoms with Crippen molar-refractivity contribution in [2.24, 2.45) is 5.41 Å². The van der Waals surface area contributed by atoms with Gasteiger partial charge in [-0.3, -0.25) is 0 Å². The van der Waals surface area contributed by atoms with Crippen LogP contribution in [0.15, 0.2) is 34.9 Å². The Morgan fingerprint density at radius 2 is 1.89 bits per heavy atom. The monoisotopic (exact) mass is 478 g/mol. The molecule has 5 heterocycles. The average Bonchev–Trinajstić information content (AvgIpc) is 3.38. The number of hydrogen-bond acceptors (Lipinski definition) is 9. The van der Waals surface area contributed by atoms with Crippen LogP contribution in [0.5, 0.6) is 5.75 Å². The highest BCUT2D eigenvalue weighted by atomic mass is 16.5. The van der Waals surface area contributed by atoms with Crippen LogP contribution in [0, 0.1) is 5.41 Å². The highest BCUT2D eigenvalue weighted by Gasteiger charge is 2.36. The lowest BCUT2D eigenvalue weighted by atomic mass is 9.73. The quantitative estimate of drug-likeness (QED) is 0.569. The molecule has 0 bridgehead atoms. The van der Waals surface area contributed by atoms with E-state index >= 15 is 0 Å². The van der Waals surface area contributed by atoms with Crippen molar-refractivity contribution in [2.75, 3.05) is 74.7 Å². The molecule has 3 aliphatic rings. The summed E-state index contributed by atoms with van der Waals surface area (Å²) in [5, 5.41) is 7.01. The predicted octanol–water partition coefficient (Wildman–Crippen LogP) is 3.78. The zero-order valence-corrected chi connectivity index (χ0v) is 20.4. The van der Waals surface area contributed by atoms with E-state index in [-0.39, 0.29) is 0 Å². The third-order valence-corrected chi connectivity index (χ3v) is 7.76. The molecule has 0 saturated carbocycles. The molecule has 2 aromatic heterocycles. The van der Waals surface area contributed by atoms with Gasteiger partial charge in [0.2, 0.25) is 5.95 Å². The molecule has 1 aromatic carbocycles. The van der Waals surface area contributed by atoms with E-state index in [1.807, 2.05) is 12.1 Å². The summed E-state index contributed by atoms with van der Waals surface area (Å²) in [6, 6.07) is 8.06. The molecule has 3 fully saturated rings.